The van der Waals surface area contributed by atoms with Crippen molar-refractivity contribution in [2.45, 2.75) is 32.7 Å². The molecular formula is C16H20N2O2. The lowest BCUT2D eigenvalue weighted by Gasteiger charge is -2.10. The molecule has 1 unspecified atom stereocenters. The summed E-state index contributed by atoms with van der Waals surface area (Å²) in [5, 5.41) is 3.82. The van der Waals surface area contributed by atoms with Crippen molar-refractivity contribution >= 4 is 16.9 Å². The zero-order valence-corrected chi connectivity index (χ0v) is 11.9. The summed E-state index contributed by atoms with van der Waals surface area (Å²) in [4.78, 5) is 12.1. The van der Waals surface area contributed by atoms with Gasteiger partial charge in [0, 0.05) is 18.0 Å². The highest BCUT2D eigenvalue weighted by Gasteiger charge is 2.28. The number of rotatable bonds is 4. The lowest BCUT2D eigenvalue weighted by atomic mass is 10.1. The van der Waals surface area contributed by atoms with Crippen LogP contribution in [0.15, 0.2) is 22.6 Å². The van der Waals surface area contributed by atoms with E-state index in [1.807, 2.05) is 19.1 Å². The molecule has 1 fully saturated rings. The minimum Gasteiger partial charge on any atom is -0.451 e. The van der Waals surface area contributed by atoms with Crippen LogP contribution in [0.4, 0.5) is 0 Å². The molecule has 1 aliphatic carbocycles. The average molecular weight is 272 g/mol. The van der Waals surface area contributed by atoms with Gasteiger partial charge in [-0.3, -0.25) is 4.79 Å². The molecule has 0 bridgehead atoms. The van der Waals surface area contributed by atoms with E-state index in [0.29, 0.717) is 18.2 Å². The Morgan fingerprint density at radius 3 is 2.75 bits per heavy atom. The molecule has 0 radical (unpaired) electrons. The van der Waals surface area contributed by atoms with Crippen LogP contribution >= 0.6 is 0 Å². The van der Waals surface area contributed by atoms with Crippen LogP contribution in [0, 0.1) is 19.8 Å². The Bertz CT molecular complexity index is 617. The Morgan fingerprint density at radius 2 is 2.05 bits per heavy atom. The van der Waals surface area contributed by atoms with Gasteiger partial charge in [0.1, 0.15) is 5.58 Å². The topological polar surface area (TPSA) is 68.3 Å². The maximum absolute atomic E-state index is 12.1. The van der Waals surface area contributed by atoms with Gasteiger partial charge in [-0.05, 0) is 61.9 Å². The first-order chi connectivity index (χ1) is 9.54. The maximum Gasteiger partial charge on any atom is 0.287 e. The van der Waals surface area contributed by atoms with E-state index in [4.69, 9.17) is 10.2 Å². The Morgan fingerprint density at radius 1 is 1.35 bits per heavy atom. The number of carbonyl (C=O) groups excluding carboxylic acids is 1. The van der Waals surface area contributed by atoms with Gasteiger partial charge in [0.15, 0.2) is 5.76 Å². The van der Waals surface area contributed by atoms with Crippen LogP contribution in [0.5, 0.6) is 0 Å². The summed E-state index contributed by atoms with van der Waals surface area (Å²) < 4.78 is 5.62. The van der Waals surface area contributed by atoms with Crippen molar-refractivity contribution in [2.75, 3.05) is 6.54 Å². The predicted octanol–water partition coefficient (Wildman–Crippen LogP) is 2.52. The minimum absolute atomic E-state index is 0.0628. The molecule has 2 aromatic rings. The van der Waals surface area contributed by atoms with Crippen LogP contribution in [0.3, 0.4) is 0 Å². The number of hydrogen-bond donors (Lipinski definition) is 2. The lowest BCUT2D eigenvalue weighted by Crippen LogP contribution is -2.38. The number of aryl methyl sites for hydroxylation is 2. The summed E-state index contributed by atoms with van der Waals surface area (Å²) in [5.41, 5.74) is 9.09. The largest absolute Gasteiger partial charge is 0.451 e. The van der Waals surface area contributed by atoms with Gasteiger partial charge in [0.05, 0.1) is 0 Å². The van der Waals surface area contributed by atoms with Crippen molar-refractivity contribution in [3.05, 3.63) is 35.1 Å². The SMILES string of the molecule is Cc1cc2cc(C(=O)NCC(N)C3CC3)oc2cc1C. The molecule has 4 nitrogen and oxygen atoms in total. The molecule has 3 rings (SSSR count). The molecular weight excluding hydrogens is 252 g/mol. The fraction of sp³-hybridized carbons (Fsp3) is 0.438. The number of benzene rings is 1. The number of fused-ring (bicyclic) bond motifs is 1. The van der Waals surface area contributed by atoms with Crippen molar-refractivity contribution in [3.8, 4) is 0 Å². The van der Waals surface area contributed by atoms with Crippen molar-refractivity contribution in [3.63, 3.8) is 0 Å². The quantitative estimate of drug-likeness (QED) is 0.898. The van der Waals surface area contributed by atoms with E-state index in [-0.39, 0.29) is 11.9 Å². The number of furan rings is 1. The number of carbonyl (C=O) groups is 1. The zero-order valence-electron chi connectivity index (χ0n) is 11.9. The normalized spacial score (nSPS) is 16.4. The van der Waals surface area contributed by atoms with E-state index in [1.165, 1.54) is 18.4 Å². The van der Waals surface area contributed by atoms with E-state index in [1.54, 1.807) is 6.07 Å². The third-order valence-corrected chi connectivity index (χ3v) is 4.08. The van der Waals surface area contributed by atoms with Gasteiger partial charge in [0.25, 0.3) is 5.91 Å². The Kier molecular flexibility index (Phi) is 3.26. The van der Waals surface area contributed by atoms with Crippen molar-refractivity contribution in [1.29, 1.82) is 0 Å². The van der Waals surface area contributed by atoms with Crippen LogP contribution < -0.4 is 11.1 Å². The van der Waals surface area contributed by atoms with Gasteiger partial charge in [-0.2, -0.15) is 0 Å². The smallest absolute Gasteiger partial charge is 0.287 e. The molecule has 1 aromatic heterocycles. The molecule has 1 aromatic carbocycles. The van der Waals surface area contributed by atoms with E-state index < -0.39 is 0 Å². The van der Waals surface area contributed by atoms with E-state index >= 15 is 0 Å². The summed E-state index contributed by atoms with van der Waals surface area (Å²) in [6.45, 7) is 4.60. The summed E-state index contributed by atoms with van der Waals surface area (Å²) in [7, 11) is 0. The molecule has 106 valence electrons. The molecule has 0 spiro atoms. The standard InChI is InChI=1S/C16H20N2O2/c1-9-5-12-7-15(20-14(12)6-10(9)2)16(19)18-8-13(17)11-3-4-11/h5-7,11,13H,3-4,8,17H2,1-2H3,(H,18,19). The van der Waals surface area contributed by atoms with E-state index in [9.17, 15) is 4.79 Å². The van der Waals surface area contributed by atoms with Gasteiger partial charge >= 0.3 is 0 Å². The second-order valence-electron chi connectivity index (χ2n) is 5.80. The first-order valence-corrected chi connectivity index (χ1v) is 7.09. The van der Waals surface area contributed by atoms with Crippen LogP contribution in [-0.2, 0) is 0 Å². The first-order valence-electron chi connectivity index (χ1n) is 7.09. The fourth-order valence-electron chi connectivity index (χ4n) is 2.40. The summed E-state index contributed by atoms with van der Waals surface area (Å²) in [6.07, 6.45) is 2.36. The molecule has 0 aliphatic heterocycles. The third kappa shape index (κ3) is 2.56. The fourth-order valence-corrected chi connectivity index (χ4v) is 2.40. The van der Waals surface area contributed by atoms with Gasteiger partial charge in [0.2, 0.25) is 0 Å². The summed E-state index contributed by atoms with van der Waals surface area (Å²) >= 11 is 0. The number of amides is 1. The molecule has 1 amide bonds. The van der Waals surface area contributed by atoms with Crippen LogP contribution in [0.1, 0.15) is 34.5 Å². The highest BCUT2D eigenvalue weighted by Crippen LogP contribution is 2.31. The highest BCUT2D eigenvalue weighted by atomic mass is 16.3. The van der Waals surface area contributed by atoms with Gasteiger partial charge in [-0.1, -0.05) is 0 Å². The molecule has 1 aliphatic rings. The Labute approximate surface area is 118 Å². The second-order valence-corrected chi connectivity index (χ2v) is 5.80. The predicted molar refractivity (Wildman–Crippen MR) is 78.7 cm³/mol. The molecule has 4 heteroatoms. The Balaban J connectivity index is 1.74. The highest BCUT2D eigenvalue weighted by molar-refractivity contribution is 5.96. The zero-order chi connectivity index (χ0) is 14.3. The molecule has 1 saturated carbocycles. The lowest BCUT2D eigenvalue weighted by molar-refractivity contribution is 0.0924. The summed E-state index contributed by atoms with van der Waals surface area (Å²) in [5.74, 6) is 0.747. The second kappa shape index (κ2) is 4.94. The molecule has 1 heterocycles. The maximum atomic E-state index is 12.1. The third-order valence-electron chi connectivity index (χ3n) is 4.08. The average Bonchev–Trinajstić information content (AvgIpc) is 3.18. The van der Waals surface area contributed by atoms with Crippen molar-refractivity contribution in [2.24, 2.45) is 11.7 Å². The van der Waals surface area contributed by atoms with Gasteiger partial charge in [-0.25, -0.2) is 0 Å². The molecule has 20 heavy (non-hydrogen) atoms. The van der Waals surface area contributed by atoms with Crippen LogP contribution in [-0.4, -0.2) is 18.5 Å². The monoisotopic (exact) mass is 272 g/mol. The molecule has 0 saturated heterocycles. The van der Waals surface area contributed by atoms with Gasteiger partial charge in [-0.15, -0.1) is 0 Å². The molecule has 3 N–H and O–H groups in total. The van der Waals surface area contributed by atoms with Crippen LogP contribution in [0.25, 0.3) is 11.0 Å². The number of hydrogen-bond acceptors (Lipinski definition) is 3. The van der Waals surface area contributed by atoms with Crippen molar-refractivity contribution < 1.29 is 9.21 Å². The van der Waals surface area contributed by atoms with Crippen molar-refractivity contribution in [1.82, 2.24) is 5.32 Å². The first kappa shape index (κ1) is 13.2. The van der Waals surface area contributed by atoms with E-state index in [2.05, 4.69) is 12.2 Å². The van der Waals surface area contributed by atoms with Crippen LogP contribution in [0.2, 0.25) is 0 Å². The number of nitrogens with one attached hydrogen (secondary N) is 1. The Hall–Kier alpha value is -1.81. The summed E-state index contributed by atoms with van der Waals surface area (Å²) in [6, 6.07) is 5.87. The van der Waals surface area contributed by atoms with Gasteiger partial charge < -0.3 is 15.5 Å². The molecule has 1 atom stereocenters. The number of nitrogens with two attached hydrogens (primary N) is 1. The van der Waals surface area contributed by atoms with E-state index in [0.717, 1.165) is 16.5 Å². The minimum atomic E-state index is -0.187.